The summed E-state index contributed by atoms with van der Waals surface area (Å²) in [7, 11) is 0. The van der Waals surface area contributed by atoms with Crippen LogP contribution < -0.4 is 0 Å². The summed E-state index contributed by atoms with van der Waals surface area (Å²) in [5.41, 5.74) is 1.56. The average molecular weight is 419 g/mol. The van der Waals surface area contributed by atoms with Crippen molar-refractivity contribution in [3.8, 4) is 0 Å². The number of thioether (sulfide) groups is 1. The smallest absolute Gasteiger partial charge is 0.310 e. The fourth-order valence-electron chi connectivity index (χ4n) is 4.13. The molecule has 2 fully saturated rings. The van der Waals surface area contributed by atoms with Crippen LogP contribution in [0.4, 0.5) is 0 Å². The van der Waals surface area contributed by atoms with Crippen molar-refractivity contribution in [3.05, 3.63) is 35.4 Å². The second-order valence-corrected chi connectivity index (χ2v) is 8.83. The van der Waals surface area contributed by atoms with Crippen molar-refractivity contribution in [2.75, 3.05) is 25.4 Å². The first-order valence-corrected chi connectivity index (χ1v) is 11.5. The van der Waals surface area contributed by atoms with E-state index in [1.54, 1.807) is 28.5 Å². The molecule has 0 spiro atoms. The maximum absolute atomic E-state index is 13.4. The Morgan fingerprint density at radius 3 is 2.66 bits per heavy atom. The summed E-state index contributed by atoms with van der Waals surface area (Å²) in [5.74, 6) is -0.0499. The van der Waals surface area contributed by atoms with Gasteiger partial charge in [-0.25, -0.2) is 0 Å². The van der Waals surface area contributed by atoms with E-state index in [1.165, 1.54) is 0 Å². The predicted molar refractivity (Wildman–Crippen MR) is 114 cm³/mol. The first-order valence-electron chi connectivity index (χ1n) is 10.4. The van der Waals surface area contributed by atoms with Crippen LogP contribution in [0.15, 0.2) is 24.3 Å². The van der Waals surface area contributed by atoms with Crippen molar-refractivity contribution in [2.24, 2.45) is 5.92 Å². The summed E-state index contributed by atoms with van der Waals surface area (Å²) in [6.45, 7) is 7.10. The topological polar surface area (TPSA) is 66.9 Å². The van der Waals surface area contributed by atoms with Crippen LogP contribution in [-0.2, 0) is 14.3 Å². The lowest BCUT2D eigenvalue weighted by Crippen LogP contribution is -2.53. The molecule has 158 valence electrons. The molecule has 1 aromatic rings. The molecule has 0 saturated carbocycles. The number of benzene rings is 1. The van der Waals surface area contributed by atoms with Crippen LogP contribution in [0.2, 0.25) is 0 Å². The van der Waals surface area contributed by atoms with Gasteiger partial charge in [-0.2, -0.15) is 0 Å². The van der Waals surface area contributed by atoms with Crippen molar-refractivity contribution in [1.82, 2.24) is 9.80 Å². The lowest BCUT2D eigenvalue weighted by molar-refractivity contribution is -0.151. The number of carbonyl (C=O) groups excluding carboxylic acids is 3. The fraction of sp³-hybridized carbons (Fsp3) is 0.591. The van der Waals surface area contributed by atoms with Gasteiger partial charge in [-0.3, -0.25) is 14.4 Å². The zero-order valence-electron chi connectivity index (χ0n) is 17.4. The van der Waals surface area contributed by atoms with Crippen LogP contribution in [0, 0.1) is 12.8 Å². The van der Waals surface area contributed by atoms with Gasteiger partial charge in [0.25, 0.3) is 5.91 Å². The Labute approximate surface area is 176 Å². The molecule has 0 N–H and O–H groups in total. The number of ether oxygens (including phenoxy) is 1. The Morgan fingerprint density at radius 2 is 1.97 bits per heavy atom. The first kappa shape index (κ1) is 21.7. The van der Waals surface area contributed by atoms with Crippen LogP contribution in [0.25, 0.3) is 0 Å². The fourth-order valence-corrected chi connectivity index (χ4v) is 5.48. The number of carbonyl (C=O) groups is 3. The molecule has 6 nitrogen and oxygen atoms in total. The van der Waals surface area contributed by atoms with E-state index in [4.69, 9.17) is 4.74 Å². The standard InChI is InChI=1S/C22H30N2O4S/c1-4-19-24(20(25)17-11-7-6-9-15(17)3)18(14-29-19)21(26)23-12-8-10-16(13-23)22(27)28-5-2/h6-7,9,11,16,18-19H,4-5,8,10,12-14H2,1-3H3. The van der Waals surface area contributed by atoms with Gasteiger partial charge < -0.3 is 14.5 Å². The summed E-state index contributed by atoms with van der Waals surface area (Å²) >= 11 is 1.66. The van der Waals surface area contributed by atoms with Crippen molar-refractivity contribution in [1.29, 1.82) is 0 Å². The summed E-state index contributed by atoms with van der Waals surface area (Å²) in [5, 5.41) is -0.0123. The molecular weight excluding hydrogens is 388 g/mol. The van der Waals surface area contributed by atoms with Gasteiger partial charge in [0.1, 0.15) is 6.04 Å². The lowest BCUT2D eigenvalue weighted by Gasteiger charge is -2.36. The van der Waals surface area contributed by atoms with Gasteiger partial charge >= 0.3 is 5.97 Å². The second kappa shape index (κ2) is 9.65. The molecule has 3 rings (SSSR count). The van der Waals surface area contributed by atoms with E-state index >= 15 is 0 Å². The zero-order chi connectivity index (χ0) is 21.0. The van der Waals surface area contributed by atoms with Crippen LogP contribution >= 0.6 is 11.8 Å². The van der Waals surface area contributed by atoms with E-state index in [-0.39, 0.29) is 29.1 Å². The van der Waals surface area contributed by atoms with E-state index in [1.807, 2.05) is 38.1 Å². The number of esters is 1. The van der Waals surface area contributed by atoms with Crippen molar-refractivity contribution >= 4 is 29.5 Å². The Balaban J connectivity index is 1.79. The number of hydrogen-bond donors (Lipinski definition) is 0. The molecule has 0 radical (unpaired) electrons. The molecule has 2 aliphatic heterocycles. The molecule has 3 atom stereocenters. The maximum Gasteiger partial charge on any atom is 0.310 e. The monoisotopic (exact) mass is 418 g/mol. The van der Waals surface area contributed by atoms with Crippen molar-refractivity contribution in [2.45, 2.75) is 51.4 Å². The third-order valence-electron chi connectivity index (χ3n) is 5.69. The van der Waals surface area contributed by atoms with E-state index in [9.17, 15) is 14.4 Å². The maximum atomic E-state index is 13.4. The minimum Gasteiger partial charge on any atom is -0.466 e. The predicted octanol–water partition coefficient (Wildman–Crippen LogP) is 3.09. The van der Waals surface area contributed by atoms with Crippen molar-refractivity contribution in [3.63, 3.8) is 0 Å². The Morgan fingerprint density at radius 1 is 1.21 bits per heavy atom. The Kier molecular flexibility index (Phi) is 7.22. The van der Waals surface area contributed by atoms with Gasteiger partial charge in [0, 0.05) is 24.4 Å². The third-order valence-corrected chi connectivity index (χ3v) is 7.14. The highest BCUT2D eigenvalue weighted by atomic mass is 32.2. The summed E-state index contributed by atoms with van der Waals surface area (Å²) in [4.78, 5) is 42.4. The molecule has 0 bridgehead atoms. The van der Waals surface area contributed by atoms with E-state index in [2.05, 4.69) is 0 Å². The summed E-state index contributed by atoms with van der Waals surface area (Å²) in [6.07, 6.45) is 2.31. The van der Waals surface area contributed by atoms with Gasteiger partial charge in [-0.1, -0.05) is 25.1 Å². The van der Waals surface area contributed by atoms with E-state index < -0.39 is 6.04 Å². The number of likely N-dealkylation sites (tertiary alicyclic amines) is 1. The van der Waals surface area contributed by atoms with Crippen LogP contribution in [0.5, 0.6) is 0 Å². The number of aryl methyl sites for hydroxylation is 1. The second-order valence-electron chi connectivity index (χ2n) is 7.61. The average Bonchev–Trinajstić information content (AvgIpc) is 3.17. The Bertz CT molecular complexity index is 769. The number of rotatable bonds is 5. The molecule has 2 amide bonds. The summed E-state index contributed by atoms with van der Waals surface area (Å²) in [6, 6.07) is 7.03. The SMILES string of the molecule is CCOC(=O)C1CCCN(C(=O)C2CSC(CC)N2C(=O)c2ccccc2C)C1. The molecule has 2 saturated heterocycles. The molecule has 0 aliphatic carbocycles. The van der Waals surface area contributed by atoms with Crippen LogP contribution in [0.1, 0.15) is 49.0 Å². The lowest BCUT2D eigenvalue weighted by atomic mass is 9.97. The van der Waals surface area contributed by atoms with Gasteiger partial charge in [0.2, 0.25) is 5.91 Å². The largest absolute Gasteiger partial charge is 0.466 e. The molecule has 1 aromatic carbocycles. The van der Waals surface area contributed by atoms with Crippen LogP contribution in [-0.4, -0.2) is 64.4 Å². The van der Waals surface area contributed by atoms with Gasteiger partial charge in [0.05, 0.1) is 17.9 Å². The minimum atomic E-state index is -0.488. The molecule has 2 aliphatic rings. The molecule has 3 unspecified atom stereocenters. The van der Waals surface area contributed by atoms with Crippen LogP contribution in [0.3, 0.4) is 0 Å². The number of piperidine rings is 1. The van der Waals surface area contributed by atoms with E-state index in [0.717, 1.165) is 24.8 Å². The van der Waals surface area contributed by atoms with Gasteiger partial charge in [0.15, 0.2) is 0 Å². The van der Waals surface area contributed by atoms with Crippen molar-refractivity contribution < 1.29 is 19.1 Å². The number of amides is 2. The van der Waals surface area contributed by atoms with Gasteiger partial charge in [-0.05, 0) is 44.7 Å². The summed E-state index contributed by atoms with van der Waals surface area (Å²) < 4.78 is 5.15. The van der Waals surface area contributed by atoms with E-state index in [0.29, 0.717) is 31.0 Å². The number of nitrogens with zero attached hydrogens (tertiary/aromatic N) is 2. The normalized spacial score (nSPS) is 24.4. The first-order chi connectivity index (χ1) is 14.0. The molecule has 7 heteroatoms. The Hall–Kier alpha value is -2.02. The quantitative estimate of drug-likeness (QED) is 0.688. The highest BCUT2D eigenvalue weighted by Gasteiger charge is 2.44. The molecule has 0 aromatic heterocycles. The molecule has 29 heavy (non-hydrogen) atoms. The minimum absolute atomic E-state index is 0.0123. The van der Waals surface area contributed by atoms with Gasteiger partial charge in [-0.15, -0.1) is 11.8 Å². The highest BCUT2D eigenvalue weighted by molar-refractivity contribution is 8.00. The number of hydrogen-bond acceptors (Lipinski definition) is 5. The molecular formula is C22H30N2O4S. The molecule has 2 heterocycles. The zero-order valence-corrected chi connectivity index (χ0v) is 18.2. The highest BCUT2D eigenvalue weighted by Crippen LogP contribution is 2.34. The third kappa shape index (κ3) is 4.60.